The Hall–Kier alpha value is -1.59. The van der Waals surface area contributed by atoms with Crippen LogP contribution >= 0.6 is 0 Å². The maximum atomic E-state index is 11.8. The van der Waals surface area contributed by atoms with Gasteiger partial charge in [-0.3, -0.25) is 14.4 Å². The fourth-order valence-electron chi connectivity index (χ4n) is 2.26. The molecule has 0 spiro atoms. The van der Waals surface area contributed by atoms with Crippen molar-refractivity contribution < 1.29 is 19.5 Å². The molecule has 2 N–H and O–H groups in total. The van der Waals surface area contributed by atoms with Crippen molar-refractivity contribution in [2.45, 2.75) is 25.7 Å². The van der Waals surface area contributed by atoms with Crippen LogP contribution in [0.25, 0.3) is 0 Å². The number of carboxylic acids is 1. The molecule has 0 aromatic heterocycles. The molecule has 100 valence electrons. The number of carboxylic acid groups (broad SMARTS) is 1. The molecule has 2 amide bonds. The van der Waals surface area contributed by atoms with Crippen LogP contribution in [0.4, 0.5) is 0 Å². The van der Waals surface area contributed by atoms with E-state index in [4.69, 9.17) is 5.11 Å². The predicted molar refractivity (Wildman–Crippen MR) is 62.7 cm³/mol. The topological polar surface area (TPSA) is 86.7 Å². The van der Waals surface area contributed by atoms with Gasteiger partial charge in [-0.05, 0) is 25.7 Å². The molecule has 2 fully saturated rings. The zero-order valence-corrected chi connectivity index (χ0v) is 10.2. The van der Waals surface area contributed by atoms with Crippen LogP contribution in [0.5, 0.6) is 0 Å². The van der Waals surface area contributed by atoms with E-state index in [-0.39, 0.29) is 30.2 Å². The number of carbonyl (C=O) groups excluding carboxylic acids is 2. The fourth-order valence-corrected chi connectivity index (χ4v) is 2.26. The normalized spacial score (nSPS) is 20.6. The Labute approximate surface area is 105 Å². The van der Waals surface area contributed by atoms with Gasteiger partial charge in [-0.1, -0.05) is 0 Å². The van der Waals surface area contributed by atoms with E-state index in [1.54, 1.807) is 0 Å². The zero-order valence-electron chi connectivity index (χ0n) is 10.2. The number of hydrogen-bond donors (Lipinski definition) is 2. The number of amides is 2. The minimum atomic E-state index is -1.04. The highest BCUT2D eigenvalue weighted by molar-refractivity contribution is 5.84. The predicted octanol–water partition coefficient (Wildman–Crippen LogP) is -0.164. The van der Waals surface area contributed by atoms with Crippen LogP contribution in [0, 0.1) is 11.8 Å². The largest absolute Gasteiger partial charge is 0.480 e. The molecule has 2 rings (SSSR count). The number of likely N-dealkylation sites (tertiary alicyclic amines) is 1. The smallest absolute Gasteiger partial charge is 0.322 e. The van der Waals surface area contributed by atoms with Gasteiger partial charge in [0, 0.05) is 24.9 Å². The first kappa shape index (κ1) is 12.9. The molecule has 1 saturated heterocycles. The van der Waals surface area contributed by atoms with Gasteiger partial charge in [0.1, 0.15) is 6.54 Å². The van der Waals surface area contributed by atoms with Gasteiger partial charge in [-0.2, -0.15) is 0 Å². The maximum absolute atomic E-state index is 11.8. The second-order valence-electron chi connectivity index (χ2n) is 4.99. The van der Waals surface area contributed by atoms with E-state index in [1.165, 1.54) is 0 Å². The van der Waals surface area contributed by atoms with Gasteiger partial charge in [0.2, 0.25) is 11.8 Å². The zero-order chi connectivity index (χ0) is 13.1. The highest BCUT2D eigenvalue weighted by Crippen LogP contribution is 2.32. The summed E-state index contributed by atoms with van der Waals surface area (Å²) in [6, 6.07) is 0. The van der Waals surface area contributed by atoms with Gasteiger partial charge in [0.25, 0.3) is 0 Å². The molecule has 0 aromatic carbocycles. The molecule has 0 radical (unpaired) electrons. The highest BCUT2D eigenvalue weighted by Gasteiger charge is 2.35. The quantitative estimate of drug-likeness (QED) is 0.729. The third kappa shape index (κ3) is 3.21. The molecule has 1 heterocycles. The number of nitrogens with zero attached hydrogens (tertiary/aromatic N) is 1. The average molecular weight is 254 g/mol. The summed E-state index contributed by atoms with van der Waals surface area (Å²) in [5.41, 5.74) is 0. The molecule has 2 aliphatic rings. The molecular formula is C12H18N2O4. The Bertz CT molecular complexity index is 357. The van der Waals surface area contributed by atoms with Crippen molar-refractivity contribution >= 4 is 17.8 Å². The van der Waals surface area contributed by atoms with Crippen LogP contribution in [-0.2, 0) is 14.4 Å². The Morgan fingerprint density at radius 1 is 1.06 bits per heavy atom. The van der Waals surface area contributed by atoms with E-state index in [0.717, 1.165) is 12.8 Å². The van der Waals surface area contributed by atoms with E-state index in [2.05, 4.69) is 5.32 Å². The minimum absolute atomic E-state index is 0.160. The summed E-state index contributed by atoms with van der Waals surface area (Å²) in [5, 5.41) is 10.9. The number of hydrogen-bond acceptors (Lipinski definition) is 3. The van der Waals surface area contributed by atoms with E-state index in [0.29, 0.717) is 25.9 Å². The molecular weight excluding hydrogens is 236 g/mol. The molecule has 6 heteroatoms. The summed E-state index contributed by atoms with van der Waals surface area (Å²) in [6.07, 6.45) is 3.25. The first-order chi connectivity index (χ1) is 8.58. The van der Waals surface area contributed by atoms with Crippen molar-refractivity contribution in [1.82, 2.24) is 10.2 Å². The van der Waals surface area contributed by atoms with Crippen molar-refractivity contribution in [3.63, 3.8) is 0 Å². The first-order valence-corrected chi connectivity index (χ1v) is 6.36. The van der Waals surface area contributed by atoms with Gasteiger partial charge >= 0.3 is 5.97 Å². The highest BCUT2D eigenvalue weighted by atomic mass is 16.4. The fraction of sp³-hybridized carbons (Fsp3) is 0.750. The Morgan fingerprint density at radius 2 is 1.67 bits per heavy atom. The van der Waals surface area contributed by atoms with Gasteiger partial charge < -0.3 is 15.3 Å². The minimum Gasteiger partial charge on any atom is -0.480 e. The molecule has 1 aliphatic carbocycles. The lowest BCUT2D eigenvalue weighted by Gasteiger charge is -2.31. The number of rotatable bonds is 4. The van der Waals surface area contributed by atoms with Gasteiger partial charge in [0.15, 0.2) is 0 Å². The van der Waals surface area contributed by atoms with E-state index in [1.807, 2.05) is 4.90 Å². The number of piperidine rings is 1. The van der Waals surface area contributed by atoms with Crippen molar-refractivity contribution in [2.75, 3.05) is 19.6 Å². The molecule has 18 heavy (non-hydrogen) atoms. The maximum Gasteiger partial charge on any atom is 0.322 e. The van der Waals surface area contributed by atoms with Crippen LogP contribution in [0.3, 0.4) is 0 Å². The molecule has 1 aliphatic heterocycles. The van der Waals surface area contributed by atoms with Crippen molar-refractivity contribution in [1.29, 1.82) is 0 Å². The summed E-state index contributed by atoms with van der Waals surface area (Å²) in [5.74, 6) is -0.963. The van der Waals surface area contributed by atoms with Crippen LogP contribution in [0.1, 0.15) is 25.7 Å². The second kappa shape index (κ2) is 5.37. The Morgan fingerprint density at radius 3 is 2.17 bits per heavy atom. The molecule has 1 saturated carbocycles. The lowest BCUT2D eigenvalue weighted by Crippen LogP contribution is -2.44. The summed E-state index contributed by atoms with van der Waals surface area (Å²) in [6.45, 7) is 0.890. The van der Waals surface area contributed by atoms with Crippen LogP contribution < -0.4 is 5.32 Å². The summed E-state index contributed by atoms with van der Waals surface area (Å²) in [7, 11) is 0. The monoisotopic (exact) mass is 254 g/mol. The second-order valence-corrected chi connectivity index (χ2v) is 4.99. The third-order valence-corrected chi connectivity index (χ3v) is 3.52. The van der Waals surface area contributed by atoms with E-state index in [9.17, 15) is 14.4 Å². The van der Waals surface area contributed by atoms with E-state index >= 15 is 0 Å². The van der Waals surface area contributed by atoms with E-state index < -0.39 is 5.97 Å². The van der Waals surface area contributed by atoms with Crippen LogP contribution in [0.15, 0.2) is 0 Å². The van der Waals surface area contributed by atoms with Crippen molar-refractivity contribution in [3.8, 4) is 0 Å². The number of aliphatic carboxylic acids is 1. The van der Waals surface area contributed by atoms with Crippen LogP contribution in [-0.4, -0.2) is 47.4 Å². The molecule has 6 nitrogen and oxygen atoms in total. The molecule has 0 aromatic rings. The molecule has 0 atom stereocenters. The third-order valence-electron chi connectivity index (χ3n) is 3.52. The summed E-state index contributed by atoms with van der Waals surface area (Å²) >= 11 is 0. The SMILES string of the molecule is O=C(O)CNC(=O)C1CCN(C(=O)C2CC2)CC1. The number of carbonyl (C=O) groups is 3. The lowest BCUT2D eigenvalue weighted by molar-refractivity contribution is -0.139. The lowest BCUT2D eigenvalue weighted by atomic mass is 9.95. The molecule has 0 bridgehead atoms. The van der Waals surface area contributed by atoms with Crippen LogP contribution in [0.2, 0.25) is 0 Å². The summed E-state index contributed by atoms with van der Waals surface area (Å²) in [4.78, 5) is 35.6. The Balaban J connectivity index is 1.73. The average Bonchev–Trinajstić information content (AvgIpc) is 3.19. The molecule has 0 unspecified atom stereocenters. The van der Waals surface area contributed by atoms with Gasteiger partial charge in [-0.25, -0.2) is 0 Å². The Kier molecular flexibility index (Phi) is 3.84. The summed E-state index contributed by atoms with van der Waals surface area (Å²) < 4.78 is 0. The number of nitrogens with one attached hydrogen (secondary N) is 1. The first-order valence-electron chi connectivity index (χ1n) is 6.36. The standard InChI is InChI=1S/C12H18N2O4/c15-10(16)7-13-11(17)8-3-5-14(6-4-8)12(18)9-1-2-9/h8-9H,1-7H2,(H,13,17)(H,15,16). The van der Waals surface area contributed by atoms with Crippen molar-refractivity contribution in [3.05, 3.63) is 0 Å². The van der Waals surface area contributed by atoms with Gasteiger partial charge in [-0.15, -0.1) is 0 Å². The van der Waals surface area contributed by atoms with Gasteiger partial charge in [0.05, 0.1) is 0 Å². The van der Waals surface area contributed by atoms with Crippen molar-refractivity contribution in [2.24, 2.45) is 11.8 Å².